The Balaban J connectivity index is 1.57. The van der Waals surface area contributed by atoms with Crippen LogP contribution in [0.15, 0.2) is 54.6 Å². The molecule has 2 aromatic carbocycles. The second kappa shape index (κ2) is 6.73. The lowest BCUT2D eigenvalue weighted by Gasteiger charge is -2.27. The van der Waals surface area contributed by atoms with E-state index >= 15 is 0 Å². The first kappa shape index (κ1) is 17.0. The van der Waals surface area contributed by atoms with E-state index in [9.17, 15) is 0 Å². The lowest BCUT2D eigenvalue weighted by Crippen LogP contribution is -2.29. The molecule has 1 aliphatic heterocycles. The van der Waals surface area contributed by atoms with Crippen LogP contribution in [0, 0.1) is 0 Å². The zero-order valence-corrected chi connectivity index (χ0v) is 15.9. The van der Waals surface area contributed by atoms with Gasteiger partial charge < -0.3 is 0 Å². The van der Waals surface area contributed by atoms with E-state index in [1.165, 1.54) is 27.9 Å². The molecule has 0 radical (unpaired) electrons. The zero-order chi connectivity index (χ0) is 18.1. The average Bonchev–Trinajstić information content (AvgIpc) is 3.05. The Bertz CT molecular complexity index is 870. The molecule has 2 heterocycles. The molecule has 1 aromatic heterocycles. The summed E-state index contributed by atoms with van der Waals surface area (Å²) >= 11 is 0. The largest absolute Gasteiger partial charge is 0.294 e. The Morgan fingerprint density at radius 2 is 1.73 bits per heavy atom. The van der Waals surface area contributed by atoms with E-state index < -0.39 is 0 Å². The number of H-pyrrole nitrogens is 1. The average molecular weight is 345 g/mol. The summed E-state index contributed by atoms with van der Waals surface area (Å²) in [6.45, 7) is 9.77. The predicted molar refractivity (Wildman–Crippen MR) is 107 cm³/mol. The Morgan fingerprint density at radius 1 is 1.00 bits per heavy atom. The molecule has 26 heavy (non-hydrogen) atoms. The van der Waals surface area contributed by atoms with Gasteiger partial charge in [-0.05, 0) is 16.5 Å². The maximum absolute atomic E-state index is 4.65. The fourth-order valence-corrected chi connectivity index (χ4v) is 3.69. The van der Waals surface area contributed by atoms with Gasteiger partial charge in [-0.15, -0.1) is 0 Å². The third-order valence-corrected chi connectivity index (χ3v) is 5.29. The van der Waals surface area contributed by atoms with Crippen LogP contribution in [0.1, 0.15) is 43.2 Å². The molecule has 3 nitrogen and oxygen atoms in total. The van der Waals surface area contributed by atoms with Gasteiger partial charge in [-0.3, -0.25) is 10.00 Å². The maximum atomic E-state index is 4.65. The van der Waals surface area contributed by atoms with Crippen LogP contribution in [0.5, 0.6) is 0 Å². The summed E-state index contributed by atoms with van der Waals surface area (Å²) in [7, 11) is 0. The molecule has 0 unspecified atom stereocenters. The van der Waals surface area contributed by atoms with Crippen molar-refractivity contribution in [2.24, 2.45) is 0 Å². The number of hydrogen-bond donors (Lipinski definition) is 1. The van der Waals surface area contributed by atoms with Gasteiger partial charge in [0, 0.05) is 42.9 Å². The molecule has 0 saturated carbocycles. The van der Waals surface area contributed by atoms with Gasteiger partial charge in [0.15, 0.2) is 0 Å². The summed E-state index contributed by atoms with van der Waals surface area (Å²) in [5.74, 6) is 0. The molecular weight excluding hydrogens is 318 g/mol. The predicted octanol–water partition coefficient (Wildman–Crippen LogP) is 4.93. The van der Waals surface area contributed by atoms with Crippen LogP contribution >= 0.6 is 0 Å². The highest BCUT2D eigenvalue weighted by molar-refractivity contribution is 5.64. The number of aromatic amines is 1. The number of nitrogens with zero attached hydrogens (tertiary/aromatic N) is 2. The Morgan fingerprint density at radius 3 is 2.42 bits per heavy atom. The number of benzene rings is 2. The highest BCUT2D eigenvalue weighted by atomic mass is 15.2. The Kier molecular flexibility index (Phi) is 4.41. The smallest absolute Gasteiger partial charge is 0.0968 e. The molecule has 3 heteroatoms. The van der Waals surface area contributed by atoms with E-state index in [4.69, 9.17) is 0 Å². The van der Waals surface area contributed by atoms with Crippen LogP contribution in [0.25, 0.3) is 11.3 Å². The Hall–Kier alpha value is -2.39. The normalized spacial score (nSPS) is 15.0. The van der Waals surface area contributed by atoms with Crippen LogP contribution < -0.4 is 0 Å². The minimum Gasteiger partial charge on any atom is -0.294 e. The second-order valence-corrected chi connectivity index (χ2v) is 8.30. The summed E-state index contributed by atoms with van der Waals surface area (Å²) in [5.41, 5.74) is 7.87. The molecule has 0 saturated heterocycles. The van der Waals surface area contributed by atoms with Crippen LogP contribution in [0.4, 0.5) is 0 Å². The van der Waals surface area contributed by atoms with Crippen molar-refractivity contribution in [2.45, 2.75) is 45.7 Å². The molecule has 134 valence electrons. The van der Waals surface area contributed by atoms with Gasteiger partial charge in [-0.25, -0.2) is 0 Å². The van der Waals surface area contributed by atoms with Gasteiger partial charge in [-0.2, -0.15) is 5.10 Å². The van der Waals surface area contributed by atoms with E-state index in [1.807, 2.05) is 0 Å². The minimum atomic E-state index is 0.177. The van der Waals surface area contributed by atoms with Crippen molar-refractivity contribution in [3.63, 3.8) is 0 Å². The third kappa shape index (κ3) is 3.45. The zero-order valence-electron chi connectivity index (χ0n) is 15.9. The van der Waals surface area contributed by atoms with E-state index in [0.29, 0.717) is 0 Å². The van der Waals surface area contributed by atoms with Crippen LogP contribution in [-0.2, 0) is 24.9 Å². The van der Waals surface area contributed by atoms with Crippen LogP contribution in [0.2, 0.25) is 0 Å². The van der Waals surface area contributed by atoms with Gasteiger partial charge in [0.05, 0.1) is 5.69 Å². The number of fused-ring (bicyclic) bond motifs is 1. The first-order valence-electron chi connectivity index (χ1n) is 9.44. The van der Waals surface area contributed by atoms with Crippen molar-refractivity contribution in [3.05, 3.63) is 77.0 Å². The van der Waals surface area contributed by atoms with Crippen molar-refractivity contribution in [3.8, 4) is 11.3 Å². The molecule has 0 spiro atoms. The monoisotopic (exact) mass is 345 g/mol. The Labute approximate surface area is 156 Å². The summed E-state index contributed by atoms with van der Waals surface area (Å²) in [6, 6.07) is 19.6. The summed E-state index contributed by atoms with van der Waals surface area (Å²) in [5, 5.41) is 7.93. The first-order chi connectivity index (χ1) is 12.5. The quantitative estimate of drug-likeness (QED) is 0.730. The number of rotatable bonds is 3. The van der Waals surface area contributed by atoms with Gasteiger partial charge in [0.1, 0.15) is 0 Å². The molecule has 0 fully saturated rings. The molecule has 1 N–H and O–H groups in total. The maximum Gasteiger partial charge on any atom is 0.0968 e. The topological polar surface area (TPSA) is 31.9 Å². The minimum absolute atomic E-state index is 0.177. The molecule has 0 amide bonds. The molecular formula is C23H27N3. The van der Waals surface area contributed by atoms with Gasteiger partial charge in [-0.1, -0.05) is 75.4 Å². The molecule has 0 aliphatic carbocycles. The summed E-state index contributed by atoms with van der Waals surface area (Å²) in [4.78, 5) is 2.51. The lowest BCUT2D eigenvalue weighted by atomic mass is 9.86. The number of nitrogens with one attached hydrogen (secondary N) is 1. The second-order valence-electron chi connectivity index (χ2n) is 8.30. The third-order valence-electron chi connectivity index (χ3n) is 5.29. The van der Waals surface area contributed by atoms with Gasteiger partial charge in [0.25, 0.3) is 0 Å². The standard InChI is InChI=1S/C23H27N3/c1-23(2,3)19-11-9-18(10-12-19)22-20-16-26(14-13-21(20)24-25-22)15-17-7-5-4-6-8-17/h4-12H,13-16H2,1-3H3,(H,24,25). The first-order valence-corrected chi connectivity index (χ1v) is 9.44. The molecule has 4 rings (SSSR count). The number of hydrogen-bond acceptors (Lipinski definition) is 2. The summed E-state index contributed by atoms with van der Waals surface area (Å²) < 4.78 is 0. The fourth-order valence-electron chi connectivity index (χ4n) is 3.69. The summed E-state index contributed by atoms with van der Waals surface area (Å²) in [6.07, 6.45) is 1.04. The molecule has 0 bridgehead atoms. The van der Waals surface area contributed by atoms with Gasteiger partial charge >= 0.3 is 0 Å². The fraction of sp³-hybridized carbons (Fsp3) is 0.348. The van der Waals surface area contributed by atoms with Crippen molar-refractivity contribution in [1.29, 1.82) is 0 Å². The molecule has 3 aromatic rings. The van der Waals surface area contributed by atoms with E-state index in [-0.39, 0.29) is 5.41 Å². The van der Waals surface area contributed by atoms with Gasteiger partial charge in [0.2, 0.25) is 0 Å². The highest BCUT2D eigenvalue weighted by Gasteiger charge is 2.23. The van der Waals surface area contributed by atoms with Crippen molar-refractivity contribution in [2.75, 3.05) is 6.54 Å². The molecule has 1 aliphatic rings. The van der Waals surface area contributed by atoms with Crippen molar-refractivity contribution < 1.29 is 0 Å². The van der Waals surface area contributed by atoms with Crippen LogP contribution in [0.3, 0.4) is 0 Å². The van der Waals surface area contributed by atoms with Crippen molar-refractivity contribution in [1.82, 2.24) is 15.1 Å². The highest BCUT2D eigenvalue weighted by Crippen LogP contribution is 2.31. The van der Waals surface area contributed by atoms with E-state index in [2.05, 4.69) is 90.5 Å². The van der Waals surface area contributed by atoms with Crippen LogP contribution in [-0.4, -0.2) is 21.6 Å². The van der Waals surface area contributed by atoms with E-state index in [1.54, 1.807) is 0 Å². The van der Waals surface area contributed by atoms with E-state index in [0.717, 1.165) is 31.7 Å². The number of aromatic nitrogens is 2. The SMILES string of the molecule is CC(C)(C)c1ccc(-c2n[nH]c3c2CN(Cc2ccccc2)CC3)cc1. The lowest BCUT2D eigenvalue weighted by molar-refractivity contribution is 0.245. The molecule has 0 atom stereocenters. The van der Waals surface area contributed by atoms with Crippen molar-refractivity contribution >= 4 is 0 Å².